The molecule has 152 valence electrons. The molecular weight excluding hydrogens is 356 g/mol. The van der Waals surface area contributed by atoms with Crippen molar-refractivity contribution < 1.29 is 4.79 Å². The number of benzene rings is 2. The van der Waals surface area contributed by atoms with Crippen LogP contribution in [0.15, 0.2) is 42.5 Å². The van der Waals surface area contributed by atoms with Gasteiger partial charge in [0.15, 0.2) is 0 Å². The highest BCUT2D eigenvalue weighted by Crippen LogP contribution is 2.51. The first kappa shape index (κ1) is 18.9. The topological polar surface area (TPSA) is 32.3 Å². The Morgan fingerprint density at radius 2 is 1.97 bits per heavy atom. The summed E-state index contributed by atoms with van der Waals surface area (Å²) < 4.78 is 0. The van der Waals surface area contributed by atoms with Gasteiger partial charge in [-0.3, -0.25) is 4.79 Å². The Hall–Kier alpha value is -2.13. The molecule has 0 radical (unpaired) electrons. The zero-order valence-electron chi connectivity index (χ0n) is 17.5. The third kappa shape index (κ3) is 3.98. The summed E-state index contributed by atoms with van der Waals surface area (Å²) in [4.78, 5) is 15.0. The number of hydrogen-bond acceptors (Lipinski definition) is 2. The van der Waals surface area contributed by atoms with Crippen LogP contribution in [0, 0.1) is 18.8 Å². The Bertz CT molecular complexity index is 899. The largest absolute Gasteiger partial charge is 0.317 e. The molecule has 1 saturated heterocycles. The smallest absolute Gasteiger partial charge is 0.258 e. The van der Waals surface area contributed by atoms with Crippen molar-refractivity contribution >= 4 is 11.6 Å². The Kier molecular flexibility index (Phi) is 5.17. The maximum Gasteiger partial charge on any atom is 0.258 e. The molecule has 3 nitrogen and oxygen atoms in total. The predicted octanol–water partition coefficient (Wildman–Crippen LogP) is 5.08. The summed E-state index contributed by atoms with van der Waals surface area (Å²) in [6, 6.07) is 14.8. The lowest BCUT2D eigenvalue weighted by Gasteiger charge is -2.22. The Morgan fingerprint density at radius 1 is 1.10 bits per heavy atom. The van der Waals surface area contributed by atoms with E-state index in [1.165, 1.54) is 56.3 Å². The molecule has 2 fully saturated rings. The lowest BCUT2D eigenvalue weighted by Crippen LogP contribution is -2.28. The molecule has 3 heteroatoms. The zero-order chi connectivity index (χ0) is 19.8. The van der Waals surface area contributed by atoms with Crippen LogP contribution in [0.3, 0.4) is 0 Å². The minimum absolute atomic E-state index is 0.131. The van der Waals surface area contributed by atoms with Crippen molar-refractivity contribution in [3.8, 4) is 0 Å². The second-order valence-electron chi connectivity index (χ2n) is 9.34. The van der Waals surface area contributed by atoms with Gasteiger partial charge in [0.05, 0.1) is 0 Å². The van der Waals surface area contributed by atoms with E-state index in [0.29, 0.717) is 0 Å². The predicted molar refractivity (Wildman–Crippen MR) is 119 cm³/mol. The van der Waals surface area contributed by atoms with E-state index in [2.05, 4.69) is 23.5 Å². The van der Waals surface area contributed by atoms with Crippen molar-refractivity contribution in [1.29, 1.82) is 0 Å². The van der Waals surface area contributed by atoms with Gasteiger partial charge >= 0.3 is 0 Å². The maximum atomic E-state index is 13.0. The van der Waals surface area contributed by atoms with E-state index in [0.717, 1.165) is 47.5 Å². The molecule has 29 heavy (non-hydrogen) atoms. The summed E-state index contributed by atoms with van der Waals surface area (Å²) in [7, 11) is 0. The van der Waals surface area contributed by atoms with Gasteiger partial charge in [0.2, 0.25) is 0 Å². The molecule has 1 saturated carbocycles. The van der Waals surface area contributed by atoms with Crippen LogP contribution < -0.4 is 10.2 Å². The zero-order valence-corrected chi connectivity index (χ0v) is 17.5. The van der Waals surface area contributed by atoms with E-state index in [1.807, 2.05) is 36.1 Å². The molecule has 0 spiro atoms. The monoisotopic (exact) mass is 388 g/mol. The number of fused-ring (bicyclic) bond motifs is 1. The second-order valence-corrected chi connectivity index (χ2v) is 9.34. The third-order valence-electron chi connectivity index (χ3n) is 7.26. The number of rotatable bonds is 5. The summed E-state index contributed by atoms with van der Waals surface area (Å²) in [6.45, 7) is 5.26. The van der Waals surface area contributed by atoms with Crippen LogP contribution in [-0.2, 0) is 6.42 Å². The number of piperidine rings is 1. The van der Waals surface area contributed by atoms with E-state index < -0.39 is 0 Å². The molecule has 3 aliphatic rings. The van der Waals surface area contributed by atoms with Crippen LogP contribution in [0.2, 0.25) is 0 Å². The molecule has 2 aliphatic heterocycles. The fourth-order valence-electron chi connectivity index (χ4n) is 5.39. The van der Waals surface area contributed by atoms with E-state index in [9.17, 15) is 4.79 Å². The first-order valence-corrected chi connectivity index (χ1v) is 11.4. The minimum atomic E-state index is 0.131. The van der Waals surface area contributed by atoms with E-state index in [4.69, 9.17) is 0 Å². The first-order chi connectivity index (χ1) is 14.2. The van der Waals surface area contributed by atoms with Gasteiger partial charge in [-0.25, -0.2) is 0 Å². The van der Waals surface area contributed by atoms with Crippen molar-refractivity contribution in [2.24, 2.45) is 11.8 Å². The Balaban J connectivity index is 1.23. The van der Waals surface area contributed by atoms with Gasteiger partial charge in [-0.05, 0) is 99.2 Å². The molecule has 2 unspecified atom stereocenters. The average molecular weight is 389 g/mol. The van der Waals surface area contributed by atoms with Crippen LogP contribution in [-0.4, -0.2) is 25.5 Å². The van der Waals surface area contributed by atoms with Gasteiger partial charge in [-0.2, -0.15) is 0 Å². The molecule has 2 heterocycles. The van der Waals surface area contributed by atoms with Gasteiger partial charge in [-0.1, -0.05) is 36.2 Å². The van der Waals surface area contributed by atoms with Crippen molar-refractivity contribution in [2.75, 3.05) is 24.5 Å². The quantitative estimate of drug-likeness (QED) is 0.774. The summed E-state index contributed by atoms with van der Waals surface area (Å²) in [5, 5.41) is 3.47. The molecule has 0 aromatic heterocycles. The van der Waals surface area contributed by atoms with E-state index >= 15 is 0 Å². The number of amides is 1. The molecule has 1 amide bonds. The molecule has 2 aromatic carbocycles. The van der Waals surface area contributed by atoms with Gasteiger partial charge in [-0.15, -0.1) is 0 Å². The highest BCUT2D eigenvalue weighted by Gasteiger charge is 2.39. The average Bonchev–Trinajstić information content (AvgIpc) is 3.41. The second kappa shape index (κ2) is 7.95. The molecule has 1 aliphatic carbocycles. The van der Waals surface area contributed by atoms with Gasteiger partial charge in [0.25, 0.3) is 5.91 Å². The normalized spacial score (nSPS) is 23.8. The Labute approximate surface area is 174 Å². The summed E-state index contributed by atoms with van der Waals surface area (Å²) in [5.74, 6) is 2.71. The SMILES string of the molecule is Cc1cccc(C(=O)N2CCc3cc(C4CC4CCC4CCNCC4)ccc32)c1. The summed E-state index contributed by atoms with van der Waals surface area (Å²) in [6.07, 6.45) is 7.86. The van der Waals surface area contributed by atoms with Crippen LogP contribution in [0.4, 0.5) is 5.69 Å². The summed E-state index contributed by atoms with van der Waals surface area (Å²) >= 11 is 0. The fourth-order valence-corrected chi connectivity index (χ4v) is 5.39. The number of anilines is 1. The van der Waals surface area contributed by atoms with E-state index in [-0.39, 0.29) is 5.91 Å². The number of carbonyl (C=O) groups excluding carboxylic acids is 1. The fraction of sp³-hybridized carbons (Fsp3) is 0.500. The molecule has 0 bridgehead atoms. The highest BCUT2D eigenvalue weighted by atomic mass is 16.2. The number of hydrogen-bond donors (Lipinski definition) is 1. The first-order valence-electron chi connectivity index (χ1n) is 11.4. The van der Waals surface area contributed by atoms with Crippen molar-refractivity contribution in [1.82, 2.24) is 5.32 Å². The molecule has 1 N–H and O–H groups in total. The van der Waals surface area contributed by atoms with Crippen LogP contribution >= 0.6 is 0 Å². The highest BCUT2D eigenvalue weighted by molar-refractivity contribution is 6.07. The van der Waals surface area contributed by atoms with Gasteiger partial charge < -0.3 is 10.2 Å². The molecular formula is C26H32N2O. The van der Waals surface area contributed by atoms with Crippen molar-refractivity contribution in [3.05, 3.63) is 64.7 Å². The molecule has 2 atom stereocenters. The summed E-state index contributed by atoms with van der Waals surface area (Å²) in [5.41, 5.74) is 5.90. The minimum Gasteiger partial charge on any atom is -0.317 e. The van der Waals surface area contributed by atoms with Gasteiger partial charge in [0, 0.05) is 17.8 Å². The lowest BCUT2D eigenvalue weighted by molar-refractivity contribution is 0.0989. The van der Waals surface area contributed by atoms with Crippen molar-refractivity contribution in [2.45, 2.75) is 51.4 Å². The number of aryl methyl sites for hydroxylation is 1. The third-order valence-corrected chi connectivity index (χ3v) is 7.26. The van der Waals surface area contributed by atoms with Crippen LogP contribution in [0.25, 0.3) is 0 Å². The molecule has 2 aromatic rings. The van der Waals surface area contributed by atoms with E-state index in [1.54, 1.807) is 0 Å². The lowest BCUT2D eigenvalue weighted by atomic mass is 9.91. The maximum absolute atomic E-state index is 13.0. The number of carbonyl (C=O) groups is 1. The standard InChI is InChI=1S/C26H32N2O/c1-18-3-2-4-23(15-18)26(29)28-14-11-22-16-20(7-8-25(22)28)24-17-21(24)6-5-19-9-12-27-13-10-19/h2-4,7-8,15-16,19,21,24,27H,5-6,9-14,17H2,1H3. The Morgan fingerprint density at radius 3 is 2.79 bits per heavy atom. The number of nitrogens with one attached hydrogen (secondary N) is 1. The van der Waals surface area contributed by atoms with Crippen molar-refractivity contribution in [3.63, 3.8) is 0 Å². The van der Waals surface area contributed by atoms with Gasteiger partial charge in [0.1, 0.15) is 0 Å². The van der Waals surface area contributed by atoms with Crippen LogP contribution in [0.5, 0.6) is 0 Å². The van der Waals surface area contributed by atoms with Crippen LogP contribution in [0.1, 0.15) is 65.1 Å². The molecule has 5 rings (SSSR count). The number of nitrogens with zero attached hydrogens (tertiary/aromatic N) is 1.